The molecule has 2 aromatic carbocycles. The molecule has 0 spiro atoms. The molecule has 53 heavy (non-hydrogen) atoms. The van der Waals surface area contributed by atoms with E-state index in [2.05, 4.69) is 26.8 Å². The lowest BCUT2D eigenvalue weighted by Gasteiger charge is -2.26. The number of carbonyl (C=O) groups is 1. The number of nitrogens with zero attached hydrogens (tertiary/aromatic N) is 5. The normalized spacial score (nSPS) is 14.4. The molecule has 2 N–H and O–H groups in total. The molecule has 1 atom stereocenters. The first-order valence-electron chi connectivity index (χ1n) is 16.7. The molecule has 2 heterocycles. The van der Waals surface area contributed by atoms with Crippen molar-refractivity contribution < 1.29 is 30.4 Å². The predicted molar refractivity (Wildman–Crippen MR) is 204 cm³/mol. The average molecular weight is 790 g/mol. The van der Waals surface area contributed by atoms with Gasteiger partial charge in [-0.25, -0.2) is 25.6 Å². The molecule has 5 rings (SSSR count). The average Bonchev–Trinajstić information content (AvgIpc) is 3.86. The van der Waals surface area contributed by atoms with Crippen LogP contribution in [0, 0.1) is 11.6 Å². The fourth-order valence-corrected chi connectivity index (χ4v) is 9.04. The Morgan fingerprint density at radius 3 is 2.42 bits per heavy atom. The van der Waals surface area contributed by atoms with E-state index in [0.717, 1.165) is 12.3 Å². The molecule has 1 aliphatic rings. The van der Waals surface area contributed by atoms with E-state index in [1.54, 1.807) is 63.3 Å². The molecule has 0 radical (unpaired) electrons. The van der Waals surface area contributed by atoms with Crippen LogP contribution in [0.2, 0.25) is 5.02 Å². The highest BCUT2D eigenvalue weighted by atomic mass is 35.5. The van der Waals surface area contributed by atoms with E-state index in [9.17, 15) is 30.4 Å². The maximum Gasteiger partial charge on any atom is 0.240 e. The zero-order valence-electron chi connectivity index (χ0n) is 30.0. The molecule has 0 bridgehead atoms. The minimum absolute atomic E-state index is 0.00674. The maximum absolute atomic E-state index is 14.5. The number of anilines is 1. The Morgan fingerprint density at radius 2 is 1.79 bits per heavy atom. The van der Waals surface area contributed by atoms with Gasteiger partial charge in [0.05, 0.1) is 50.5 Å². The molecule has 0 unspecified atom stereocenters. The molecular weight excluding hydrogens is 748 g/mol. The number of aryl methyl sites for hydroxylation is 2. The first kappa shape index (κ1) is 39.8. The quantitative estimate of drug-likeness (QED) is 0.137. The first-order chi connectivity index (χ1) is 24.8. The van der Waals surface area contributed by atoms with Gasteiger partial charge in [-0.3, -0.25) is 24.2 Å². The summed E-state index contributed by atoms with van der Waals surface area (Å²) in [4.78, 5) is 23.8. The van der Waals surface area contributed by atoms with E-state index in [-0.39, 0.29) is 47.5 Å². The minimum Gasteiger partial charge on any atom is -0.370 e. The number of aliphatic imine (C=N–C) groups is 1. The van der Waals surface area contributed by atoms with Crippen molar-refractivity contribution in [2.75, 3.05) is 24.6 Å². The number of rotatable bonds is 16. The van der Waals surface area contributed by atoms with Gasteiger partial charge in [0.2, 0.25) is 15.9 Å². The van der Waals surface area contributed by atoms with E-state index in [4.69, 9.17) is 16.6 Å². The van der Waals surface area contributed by atoms with Crippen LogP contribution in [0.5, 0.6) is 0 Å². The van der Waals surface area contributed by atoms with Crippen LogP contribution < -0.4 is 10.0 Å². The van der Waals surface area contributed by atoms with Crippen molar-refractivity contribution in [3.05, 3.63) is 88.5 Å². The molecule has 2 aromatic heterocycles. The highest BCUT2D eigenvalue weighted by Crippen LogP contribution is 2.41. The van der Waals surface area contributed by atoms with Crippen LogP contribution in [-0.4, -0.2) is 79.0 Å². The SMILES string of the molecule is C=N/C=C\N(C)CC(=O)N[C@@H](Cc1cc(F)cc(F)c1)c1nc(CCC(C)(C)S(=O)(=O)C2CC2)ccc1-c1ccc(Cl)c2c(NS(C)(=O)=O)nn(C)c12. The zero-order chi connectivity index (χ0) is 38.9. The van der Waals surface area contributed by atoms with Crippen molar-refractivity contribution in [2.24, 2.45) is 12.0 Å². The highest BCUT2D eigenvalue weighted by molar-refractivity contribution is 7.93. The predicted octanol–water partition coefficient (Wildman–Crippen LogP) is 5.73. The number of sulfone groups is 1. The van der Waals surface area contributed by atoms with Crippen molar-refractivity contribution in [2.45, 2.75) is 62.0 Å². The van der Waals surface area contributed by atoms with Crippen molar-refractivity contribution >= 4 is 60.8 Å². The van der Waals surface area contributed by atoms with Crippen molar-refractivity contribution in [3.8, 4) is 11.1 Å². The number of carbonyl (C=O) groups excluding carboxylic acids is 1. The third-order valence-electron chi connectivity index (χ3n) is 9.06. The lowest BCUT2D eigenvalue weighted by atomic mass is 9.93. The van der Waals surface area contributed by atoms with Crippen LogP contribution in [0.3, 0.4) is 0 Å². The van der Waals surface area contributed by atoms with Crippen LogP contribution in [0.25, 0.3) is 22.0 Å². The molecular formula is C36H42ClF2N7O5S2. The van der Waals surface area contributed by atoms with Gasteiger partial charge < -0.3 is 10.2 Å². The summed E-state index contributed by atoms with van der Waals surface area (Å²) in [5.41, 5.74) is 2.54. The topological polar surface area (TPSA) is 156 Å². The molecule has 1 amide bonds. The Bertz CT molecular complexity index is 2290. The molecule has 0 aliphatic heterocycles. The van der Waals surface area contributed by atoms with Crippen LogP contribution in [0.15, 0.2) is 59.9 Å². The number of pyridine rings is 1. The monoisotopic (exact) mass is 789 g/mol. The number of sulfonamides is 1. The lowest BCUT2D eigenvalue weighted by molar-refractivity contribution is -0.122. The molecule has 284 valence electrons. The minimum atomic E-state index is -3.75. The Labute approximate surface area is 313 Å². The van der Waals surface area contributed by atoms with Gasteiger partial charge in [-0.1, -0.05) is 23.7 Å². The number of halogens is 3. The van der Waals surface area contributed by atoms with Gasteiger partial charge in [0, 0.05) is 49.4 Å². The van der Waals surface area contributed by atoms with E-state index in [0.29, 0.717) is 46.3 Å². The van der Waals surface area contributed by atoms with Crippen molar-refractivity contribution in [1.29, 1.82) is 0 Å². The Morgan fingerprint density at radius 1 is 1.13 bits per heavy atom. The third kappa shape index (κ3) is 9.40. The fraction of sp³-hybridized carbons (Fsp3) is 0.389. The van der Waals surface area contributed by atoms with E-state index < -0.39 is 48.2 Å². The summed E-state index contributed by atoms with van der Waals surface area (Å²) < 4.78 is 82.8. The summed E-state index contributed by atoms with van der Waals surface area (Å²) >= 11 is 6.63. The van der Waals surface area contributed by atoms with Gasteiger partial charge in [-0.15, -0.1) is 0 Å². The van der Waals surface area contributed by atoms with E-state index >= 15 is 0 Å². The number of hydrogen-bond acceptors (Lipinski definition) is 9. The van der Waals surface area contributed by atoms with Gasteiger partial charge in [0.15, 0.2) is 15.7 Å². The largest absolute Gasteiger partial charge is 0.370 e. The molecule has 1 fully saturated rings. The molecule has 4 aromatic rings. The third-order valence-corrected chi connectivity index (χ3v) is 13.0. The second-order valence-corrected chi connectivity index (χ2v) is 18.9. The number of fused-ring (bicyclic) bond motifs is 1. The number of amides is 1. The van der Waals surface area contributed by atoms with Crippen LogP contribution in [0.1, 0.15) is 56.1 Å². The van der Waals surface area contributed by atoms with Gasteiger partial charge >= 0.3 is 0 Å². The zero-order valence-corrected chi connectivity index (χ0v) is 32.4. The summed E-state index contributed by atoms with van der Waals surface area (Å²) in [6.45, 7) is 6.70. The van der Waals surface area contributed by atoms with Crippen LogP contribution in [-0.2, 0) is 44.5 Å². The number of hydrogen-bond donors (Lipinski definition) is 2. The van der Waals surface area contributed by atoms with E-state index in [1.165, 1.54) is 23.0 Å². The molecule has 0 saturated heterocycles. The Kier molecular flexibility index (Phi) is 11.6. The van der Waals surface area contributed by atoms with Gasteiger partial charge in [0.1, 0.15) is 11.6 Å². The van der Waals surface area contributed by atoms with Gasteiger partial charge in [-0.2, -0.15) is 5.10 Å². The summed E-state index contributed by atoms with van der Waals surface area (Å²) in [5, 5.41) is 7.57. The van der Waals surface area contributed by atoms with Gasteiger partial charge in [-0.05, 0) is 82.5 Å². The Balaban J connectivity index is 1.68. The number of benzene rings is 2. The molecule has 1 aliphatic carbocycles. The summed E-state index contributed by atoms with van der Waals surface area (Å²) in [6, 6.07) is 8.96. The number of aromatic nitrogens is 3. The first-order valence-corrected chi connectivity index (χ1v) is 20.5. The van der Waals surface area contributed by atoms with Gasteiger partial charge in [0.25, 0.3) is 0 Å². The molecule has 17 heteroatoms. The molecule has 1 saturated carbocycles. The van der Waals surface area contributed by atoms with E-state index in [1.807, 2.05) is 0 Å². The summed E-state index contributed by atoms with van der Waals surface area (Å²) in [5.74, 6) is -2.03. The standard InChI is InChI=1S/C36H42ClF2N7O5S2/c1-36(2,53(50,51)26-8-9-26)14-13-25-7-10-27(28-11-12-29(37)32-34(28)46(5)43-35(32)44-52(6,48)49)33(41-25)30(19-22-17-23(38)20-24(39)18-22)42-31(47)21-45(4)16-15-40-3/h7,10-12,15-18,20,26,30H,3,8-9,13-14,19,21H2,1-2,4-6H3,(H,42,47)(H,43,44)/b16-15-/t30-/m0/s1. The number of nitrogens with one attached hydrogen (secondary N) is 2. The fourth-order valence-electron chi connectivity index (χ4n) is 6.25. The second kappa shape index (κ2) is 15.5. The van der Waals surface area contributed by atoms with Crippen LogP contribution in [0.4, 0.5) is 14.6 Å². The molecule has 12 nitrogen and oxygen atoms in total. The smallest absolute Gasteiger partial charge is 0.240 e. The summed E-state index contributed by atoms with van der Waals surface area (Å²) in [6.07, 6.45) is 5.71. The van der Waals surface area contributed by atoms with Crippen LogP contribution >= 0.6 is 11.6 Å². The lowest BCUT2D eigenvalue weighted by Crippen LogP contribution is -2.37. The van der Waals surface area contributed by atoms with Crippen molar-refractivity contribution in [1.82, 2.24) is 25.0 Å². The Hall–Kier alpha value is -4.41. The number of likely N-dealkylation sites (N-methyl/N-ethyl adjacent to an activating group) is 1. The van der Waals surface area contributed by atoms with Crippen molar-refractivity contribution in [3.63, 3.8) is 0 Å². The summed E-state index contributed by atoms with van der Waals surface area (Å²) in [7, 11) is -3.85. The second-order valence-electron chi connectivity index (χ2n) is 13.9. The maximum atomic E-state index is 14.5. The highest BCUT2D eigenvalue weighted by Gasteiger charge is 2.45.